The summed E-state index contributed by atoms with van der Waals surface area (Å²) in [4.78, 5) is 28.0. The molecule has 0 atom stereocenters. The number of carbonyl (C=O) groups excluding carboxylic acids is 1. The van der Waals surface area contributed by atoms with Crippen molar-refractivity contribution < 1.29 is 9.72 Å². The number of nitro benzene ring substituents is 1. The number of thioether (sulfide) groups is 1. The molecule has 3 rings (SSSR count). The summed E-state index contributed by atoms with van der Waals surface area (Å²) >= 11 is 3.01. The van der Waals surface area contributed by atoms with E-state index in [0.29, 0.717) is 11.3 Å². The Bertz CT molecular complexity index is 1050. The monoisotopic (exact) mass is 401 g/mol. The van der Waals surface area contributed by atoms with Crippen molar-refractivity contribution in [3.8, 4) is 0 Å². The standard InChI is InChI=1S/C19H19N3O3S2/c1-13-3-5-14(6-4-13)11-18(23)20-19-21(9-10-26-2)16-8-7-15(22(24)25)12-17(16)27-19/h3-8,12H,9-11H2,1-2H3. The van der Waals surface area contributed by atoms with Crippen LogP contribution in [0.3, 0.4) is 0 Å². The van der Waals surface area contributed by atoms with Crippen LogP contribution in [0.5, 0.6) is 0 Å². The molecule has 8 heteroatoms. The van der Waals surface area contributed by atoms with Crippen LogP contribution in [-0.4, -0.2) is 27.4 Å². The Kier molecular flexibility index (Phi) is 6.08. The Hall–Kier alpha value is -2.45. The van der Waals surface area contributed by atoms with Gasteiger partial charge in [-0.25, -0.2) is 0 Å². The van der Waals surface area contributed by atoms with E-state index in [9.17, 15) is 14.9 Å². The third kappa shape index (κ3) is 4.64. The van der Waals surface area contributed by atoms with Crippen LogP contribution in [0.25, 0.3) is 10.2 Å². The van der Waals surface area contributed by atoms with E-state index >= 15 is 0 Å². The van der Waals surface area contributed by atoms with E-state index in [0.717, 1.165) is 27.1 Å². The van der Waals surface area contributed by atoms with Crippen molar-refractivity contribution in [1.29, 1.82) is 0 Å². The van der Waals surface area contributed by atoms with E-state index < -0.39 is 4.92 Å². The van der Waals surface area contributed by atoms with E-state index in [1.165, 1.54) is 17.4 Å². The highest BCUT2D eigenvalue weighted by Gasteiger charge is 2.13. The number of fused-ring (bicyclic) bond motifs is 1. The molecule has 1 amide bonds. The van der Waals surface area contributed by atoms with Crippen LogP contribution in [0, 0.1) is 17.0 Å². The van der Waals surface area contributed by atoms with Crippen molar-refractivity contribution in [3.63, 3.8) is 0 Å². The van der Waals surface area contributed by atoms with Crippen molar-refractivity contribution in [1.82, 2.24) is 4.57 Å². The average Bonchev–Trinajstić information content (AvgIpc) is 2.97. The summed E-state index contributed by atoms with van der Waals surface area (Å²) in [5, 5.41) is 11.0. The fourth-order valence-corrected chi connectivity index (χ4v) is 4.16. The fraction of sp³-hybridized carbons (Fsp3) is 0.263. The van der Waals surface area contributed by atoms with Gasteiger partial charge in [0.15, 0.2) is 4.80 Å². The summed E-state index contributed by atoms with van der Waals surface area (Å²) in [7, 11) is 0. The van der Waals surface area contributed by atoms with Crippen LogP contribution in [-0.2, 0) is 17.8 Å². The number of carbonyl (C=O) groups is 1. The third-order valence-electron chi connectivity index (χ3n) is 4.09. The van der Waals surface area contributed by atoms with Crippen molar-refractivity contribution in [3.05, 3.63) is 68.5 Å². The van der Waals surface area contributed by atoms with Gasteiger partial charge in [0.25, 0.3) is 11.6 Å². The number of nitrogens with zero attached hydrogens (tertiary/aromatic N) is 3. The zero-order valence-corrected chi connectivity index (χ0v) is 16.7. The van der Waals surface area contributed by atoms with Crippen LogP contribution in [0.2, 0.25) is 0 Å². The van der Waals surface area contributed by atoms with Gasteiger partial charge in [0.1, 0.15) is 0 Å². The lowest BCUT2D eigenvalue weighted by molar-refractivity contribution is -0.384. The first kappa shape index (κ1) is 19.3. The van der Waals surface area contributed by atoms with E-state index in [1.807, 2.05) is 42.0 Å². The van der Waals surface area contributed by atoms with Gasteiger partial charge in [0.05, 0.1) is 21.6 Å². The van der Waals surface area contributed by atoms with E-state index in [4.69, 9.17) is 0 Å². The van der Waals surface area contributed by atoms with E-state index in [-0.39, 0.29) is 18.0 Å². The molecular weight excluding hydrogens is 382 g/mol. The number of rotatable bonds is 6. The maximum Gasteiger partial charge on any atom is 0.270 e. The highest BCUT2D eigenvalue weighted by molar-refractivity contribution is 7.98. The maximum absolute atomic E-state index is 12.5. The third-order valence-corrected chi connectivity index (χ3v) is 5.72. The summed E-state index contributed by atoms with van der Waals surface area (Å²) in [5.41, 5.74) is 2.96. The van der Waals surface area contributed by atoms with Gasteiger partial charge in [-0.15, -0.1) is 0 Å². The number of hydrogen-bond acceptors (Lipinski definition) is 5. The zero-order valence-electron chi connectivity index (χ0n) is 15.0. The molecule has 0 unspecified atom stereocenters. The quantitative estimate of drug-likeness (QED) is 0.463. The van der Waals surface area contributed by atoms with Crippen LogP contribution < -0.4 is 4.80 Å². The number of hydrogen-bond donors (Lipinski definition) is 0. The molecule has 140 valence electrons. The molecule has 0 bridgehead atoms. The highest BCUT2D eigenvalue weighted by atomic mass is 32.2. The van der Waals surface area contributed by atoms with Crippen LogP contribution in [0.4, 0.5) is 5.69 Å². The van der Waals surface area contributed by atoms with Gasteiger partial charge in [-0.05, 0) is 24.8 Å². The van der Waals surface area contributed by atoms with Crippen LogP contribution in [0.15, 0.2) is 47.5 Å². The van der Waals surface area contributed by atoms with E-state index in [1.54, 1.807) is 23.9 Å². The molecule has 1 aromatic heterocycles. The van der Waals surface area contributed by atoms with Gasteiger partial charge in [-0.1, -0.05) is 41.2 Å². The van der Waals surface area contributed by atoms with E-state index in [2.05, 4.69) is 4.99 Å². The molecule has 0 aliphatic carbocycles. The summed E-state index contributed by atoms with van der Waals surface area (Å²) in [5.74, 6) is 0.639. The molecule has 0 saturated carbocycles. The highest BCUT2D eigenvalue weighted by Crippen LogP contribution is 2.23. The summed E-state index contributed by atoms with van der Waals surface area (Å²) in [6, 6.07) is 12.6. The second-order valence-electron chi connectivity index (χ2n) is 6.11. The minimum absolute atomic E-state index is 0.0401. The number of nitro groups is 1. The lowest BCUT2D eigenvalue weighted by Crippen LogP contribution is -2.18. The fourth-order valence-electron chi connectivity index (χ4n) is 2.69. The van der Waals surface area contributed by atoms with Gasteiger partial charge < -0.3 is 4.57 Å². The smallest absolute Gasteiger partial charge is 0.270 e. The van der Waals surface area contributed by atoms with Gasteiger partial charge in [-0.2, -0.15) is 16.8 Å². The molecule has 0 N–H and O–H groups in total. The van der Waals surface area contributed by atoms with Crippen molar-refractivity contribution in [2.24, 2.45) is 4.99 Å². The number of thiazole rings is 1. The van der Waals surface area contributed by atoms with Crippen LogP contribution >= 0.6 is 23.1 Å². The predicted molar refractivity (Wildman–Crippen MR) is 110 cm³/mol. The Labute approximate surface area is 164 Å². The number of benzene rings is 2. The molecule has 0 fully saturated rings. The minimum atomic E-state index is -0.412. The number of amides is 1. The summed E-state index contributed by atoms with van der Waals surface area (Å²) < 4.78 is 2.72. The molecule has 2 aromatic carbocycles. The Balaban J connectivity index is 1.99. The second-order valence-corrected chi connectivity index (χ2v) is 8.10. The number of aromatic nitrogens is 1. The van der Waals surface area contributed by atoms with Crippen LogP contribution in [0.1, 0.15) is 11.1 Å². The molecule has 1 heterocycles. The first-order valence-electron chi connectivity index (χ1n) is 8.38. The lowest BCUT2D eigenvalue weighted by atomic mass is 10.1. The molecule has 27 heavy (non-hydrogen) atoms. The second kappa shape index (κ2) is 8.49. The molecule has 0 radical (unpaired) electrons. The molecule has 0 aliphatic heterocycles. The Morgan fingerprint density at radius 1 is 1.26 bits per heavy atom. The molecule has 6 nitrogen and oxygen atoms in total. The minimum Gasteiger partial charge on any atom is -0.316 e. The number of non-ortho nitro benzene ring substituents is 1. The Morgan fingerprint density at radius 3 is 2.67 bits per heavy atom. The molecular formula is C19H19N3O3S2. The largest absolute Gasteiger partial charge is 0.316 e. The first-order valence-corrected chi connectivity index (χ1v) is 10.6. The molecule has 3 aromatic rings. The van der Waals surface area contributed by atoms with Crippen molar-refractivity contribution in [2.45, 2.75) is 19.9 Å². The Morgan fingerprint density at radius 2 is 2.00 bits per heavy atom. The normalized spacial score (nSPS) is 11.9. The predicted octanol–water partition coefficient (Wildman–Crippen LogP) is 3.95. The van der Waals surface area contributed by atoms with Gasteiger partial charge in [0.2, 0.25) is 0 Å². The van der Waals surface area contributed by atoms with Crippen molar-refractivity contribution in [2.75, 3.05) is 12.0 Å². The van der Waals surface area contributed by atoms with Crippen molar-refractivity contribution >= 4 is 44.9 Å². The topological polar surface area (TPSA) is 77.5 Å². The zero-order chi connectivity index (χ0) is 19.4. The lowest BCUT2D eigenvalue weighted by Gasteiger charge is -2.03. The van der Waals surface area contributed by atoms with Gasteiger partial charge in [0, 0.05) is 24.4 Å². The van der Waals surface area contributed by atoms with Gasteiger partial charge >= 0.3 is 0 Å². The summed E-state index contributed by atoms with van der Waals surface area (Å²) in [6.07, 6.45) is 2.25. The summed E-state index contributed by atoms with van der Waals surface area (Å²) in [6.45, 7) is 2.69. The average molecular weight is 402 g/mol. The first-order chi connectivity index (χ1) is 13.0. The molecule has 0 spiro atoms. The number of aryl methyl sites for hydroxylation is 2. The SMILES string of the molecule is CSCCn1c(=NC(=O)Cc2ccc(C)cc2)sc2cc([N+](=O)[O-])ccc21. The maximum atomic E-state index is 12.5. The molecule has 0 aliphatic rings. The molecule has 0 saturated heterocycles. The van der Waals surface area contributed by atoms with Gasteiger partial charge in [-0.3, -0.25) is 14.9 Å².